The van der Waals surface area contributed by atoms with Gasteiger partial charge in [0.15, 0.2) is 0 Å². The Hall–Kier alpha value is -0.170. The molecule has 0 aromatic carbocycles. The van der Waals surface area contributed by atoms with Gasteiger partial charge in [-0.1, -0.05) is 19.3 Å². The average molecular weight is 276 g/mol. The van der Waals surface area contributed by atoms with Gasteiger partial charge in [-0.3, -0.25) is 0 Å². The number of hydrogen-bond acceptors (Lipinski definition) is 3. The largest absolute Gasteiger partial charge is 0.395 e. The second kappa shape index (κ2) is 5.86. The van der Waals surface area contributed by atoms with Crippen molar-refractivity contribution in [3.63, 3.8) is 0 Å². The molecular formula is C12H24N2O3S. The molecule has 2 rings (SSSR count). The second-order valence-corrected chi connectivity index (χ2v) is 7.30. The zero-order valence-electron chi connectivity index (χ0n) is 11.0. The molecule has 1 aliphatic heterocycles. The molecule has 2 N–H and O–H groups in total. The first-order valence-corrected chi connectivity index (χ1v) is 8.37. The van der Waals surface area contributed by atoms with E-state index in [4.69, 9.17) is 0 Å². The summed E-state index contributed by atoms with van der Waals surface area (Å²) in [6.07, 6.45) is 6.03. The number of nitrogens with zero attached hydrogens (tertiary/aromatic N) is 1. The van der Waals surface area contributed by atoms with Gasteiger partial charge in [-0.2, -0.15) is 17.4 Å². The second-order valence-electron chi connectivity index (χ2n) is 5.65. The molecule has 2 aliphatic rings. The number of rotatable bonds is 6. The lowest BCUT2D eigenvalue weighted by Crippen LogP contribution is -2.52. The molecule has 0 bridgehead atoms. The van der Waals surface area contributed by atoms with E-state index in [0.29, 0.717) is 12.5 Å². The van der Waals surface area contributed by atoms with Crippen molar-refractivity contribution in [1.82, 2.24) is 9.03 Å². The molecule has 0 spiro atoms. The van der Waals surface area contributed by atoms with Gasteiger partial charge in [-0.15, -0.1) is 0 Å². The van der Waals surface area contributed by atoms with E-state index >= 15 is 0 Å². The van der Waals surface area contributed by atoms with Crippen LogP contribution < -0.4 is 4.72 Å². The van der Waals surface area contributed by atoms with Crippen LogP contribution in [0.25, 0.3) is 0 Å². The summed E-state index contributed by atoms with van der Waals surface area (Å²) in [6, 6.07) is -0.256. The number of aliphatic hydroxyl groups excluding tert-OH is 1. The van der Waals surface area contributed by atoms with Crippen LogP contribution in [0.3, 0.4) is 0 Å². The maximum atomic E-state index is 12.3. The molecule has 2 unspecified atom stereocenters. The first-order chi connectivity index (χ1) is 8.53. The minimum Gasteiger partial charge on any atom is -0.395 e. The highest BCUT2D eigenvalue weighted by Crippen LogP contribution is 2.33. The molecule has 1 saturated heterocycles. The highest BCUT2D eigenvalue weighted by molar-refractivity contribution is 7.87. The Balaban J connectivity index is 1.94. The Labute approximate surface area is 110 Å². The molecule has 0 radical (unpaired) electrons. The fraction of sp³-hybridized carbons (Fsp3) is 1.00. The van der Waals surface area contributed by atoms with Crippen molar-refractivity contribution in [2.75, 3.05) is 13.2 Å². The predicted molar refractivity (Wildman–Crippen MR) is 70.3 cm³/mol. The molecular weight excluding hydrogens is 252 g/mol. The fourth-order valence-electron chi connectivity index (χ4n) is 2.70. The van der Waals surface area contributed by atoms with Crippen LogP contribution in [-0.4, -0.2) is 43.1 Å². The maximum Gasteiger partial charge on any atom is 0.280 e. The molecule has 106 valence electrons. The zero-order valence-corrected chi connectivity index (χ0v) is 11.8. The monoisotopic (exact) mass is 276 g/mol. The maximum absolute atomic E-state index is 12.3. The van der Waals surface area contributed by atoms with Crippen molar-refractivity contribution >= 4 is 10.2 Å². The van der Waals surface area contributed by atoms with Gasteiger partial charge in [-0.05, 0) is 32.1 Å². The van der Waals surface area contributed by atoms with Crippen molar-refractivity contribution < 1.29 is 13.5 Å². The number of aliphatic hydroxyl groups is 1. The molecule has 2 fully saturated rings. The van der Waals surface area contributed by atoms with E-state index in [9.17, 15) is 13.5 Å². The van der Waals surface area contributed by atoms with Gasteiger partial charge >= 0.3 is 0 Å². The standard InChI is InChI=1S/C12H24N2O3S/c1-10(8-11-5-6-11)13-18(16,17)14-7-3-2-4-12(14)9-15/h10-13,15H,2-9H2,1H3. The van der Waals surface area contributed by atoms with E-state index < -0.39 is 10.2 Å². The fourth-order valence-corrected chi connectivity index (χ4v) is 4.37. The van der Waals surface area contributed by atoms with Crippen LogP contribution in [0.15, 0.2) is 0 Å². The van der Waals surface area contributed by atoms with Crippen molar-refractivity contribution in [3.8, 4) is 0 Å². The Kier molecular flexibility index (Phi) is 4.64. The minimum absolute atomic E-state index is 0.0104. The van der Waals surface area contributed by atoms with Crippen LogP contribution in [0.5, 0.6) is 0 Å². The lowest BCUT2D eigenvalue weighted by atomic mass is 10.1. The Morgan fingerprint density at radius 3 is 2.67 bits per heavy atom. The summed E-state index contributed by atoms with van der Waals surface area (Å²) in [7, 11) is -3.44. The van der Waals surface area contributed by atoms with Crippen LogP contribution in [0.1, 0.15) is 45.4 Å². The Morgan fingerprint density at radius 2 is 2.06 bits per heavy atom. The Morgan fingerprint density at radius 1 is 1.33 bits per heavy atom. The van der Waals surface area contributed by atoms with Crippen molar-refractivity contribution in [2.24, 2.45) is 5.92 Å². The first-order valence-electron chi connectivity index (χ1n) is 6.93. The van der Waals surface area contributed by atoms with E-state index in [-0.39, 0.29) is 18.7 Å². The third-order valence-electron chi connectivity index (χ3n) is 3.83. The third kappa shape index (κ3) is 3.66. The average Bonchev–Trinajstić information content (AvgIpc) is 3.12. The quantitative estimate of drug-likeness (QED) is 0.756. The molecule has 6 heteroatoms. The van der Waals surface area contributed by atoms with Gasteiger partial charge in [0.2, 0.25) is 0 Å². The first kappa shape index (κ1) is 14.2. The van der Waals surface area contributed by atoms with E-state index in [0.717, 1.165) is 25.7 Å². The minimum atomic E-state index is -3.44. The van der Waals surface area contributed by atoms with Crippen LogP contribution in [0, 0.1) is 5.92 Å². The molecule has 1 saturated carbocycles. The van der Waals surface area contributed by atoms with Gasteiger partial charge in [0, 0.05) is 18.6 Å². The lowest BCUT2D eigenvalue weighted by molar-refractivity contribution is 0.153. The Bertz CT molecular complexity index is 368. The molecule has 0 amide bonds. The summed E-state index contributed by atoms with van der Waals surface area (Å²) in [5, 5.41) is 9.28. The van der Waals surface area contributed by atoms with Gasteiger partial charge in [0.25, 0.3) is 10.2 Å². The summed E-state index contributed by atoms with van der Waals surface area (Å²) in [5.41, 5.74) is 0. The van der Waals surface area contributed by atoms with E-state index in [2.05, 4.69) is 4.72 Å². The van der Waals surface area contributed by atoms with Crippen molar-refractivity contribution in [2.45, 2.75) is 57.5 Å². The summed E-state index contributed by atoms with van der Waals surface area (Å²) in [5.74, 6) is 0.706. The van der Waals surface area contributed by atoms with Gasteiger partial charge in [0.1, 0.15) is 0 Å². The normalized spacial score (nSPS) is 28.2. The van der Waals surface area contributed by atoms with Crippen LogP contribution in [0.4, 0.5) is 0 Å². The number of hydrogen-bond donors (Lipinski definition) is 2. The van der Waals surface area contributed by atoms with Crippen molar-refractivity contribution in [3.05, 3.63) is 0 Å². The van der Waals surface area contributed by atoms with Crippen LogP contribution in [0.2, 0.25) is 0 Å². The summed E-state index contributed by atoms with van der Waals surface area (Å²) in [6.45, 7) is 2.36. The molecule has 5 nitrogen and oxygen atoms in total. The third-order valence-corrected chi connectivity index (χ3v) is 5.62. The van der Waals surface area contributed by atoms with Gasteiger partial charge < -0.3 is 5.11 Å². The zero-order chi connectivity index (χ0) is 13.2. The SMILES string of the molecule is CC(CC1CC1)NS(=O)(=O)N1CCCCC1CO. The van der Waals surface area contributed by atoms with Crippen LogP contribution in [-0.2, 0) is 10.2 Å². The molecule has 0 aromatic heterocycles. The summed E-state index contributed by atoms with van der Waals surface area (Å²) < 4.78 is 28.7. The molecule has 1 heterocycles. The topological polar surface area (TPSA) is 69.6 Å². The smallest absolute Gasteiger partial charge is 0.280 e. The predicted octanol–water partition coefficient (Wildman–Crippen LogP) is 0.856. The molecule has 0 aromatic rings. The molecule has 2 atom stereocenters. The van der Waals surface area contributed by atoms with Gasteiger partial charge in [-0.25, -0.2) is 0 Å². The van der Waals surface area contributed by atoms with E-state index in [1.807, 2.05) is 6.92 Å². The van der Waals surface area contributed by atoms with Crippen LogP contribution >= 0.6 is 0 Å². The highest BCUT2D eigenvalue weighted by Gasteiger charge is 2.33. The number of piperidine rings is 1. The molecule has 18 heavy (non-hydrogen) atoms. The van der Waals surface area contributed by atoms with Gasteiger partial charge in [0.05, 0.1) is 6.61 Å². The van der Waals surface area contributed by atoms with E-state index in [1.54, 1.807) is 0 Å². The lowest BCUT2D eigenvalue weighted by Gasteiger charge is -2.34. The van der Waals surface area contributed by atoms with Crippen molar-refractivity contribution in [1.29, 1.82) is 0 Å². The number of nitrogens with one attached hydrogen (secondary N) is 1. The molecule has 1 aliphatic carbocycles. The summed E-state index contributed by atoms with van der Waals surface area (Å²) >= 11 is 0. The summed E-state index contributed by atoms with van der Waals surface area (Å²) in [4.78, 5) is 0. The highest BCUT2D eigenvalue weighted by atomic mass is 32.2. The van der Waals surface area contributed by atoms with E-state index in [1.165, 1.54) is 17.1 Å².